The highest BCUT2D eigenvalue weighted by Gasteiger charge is 2.10. The number of imidazole rings is 1. The van der Waals surface area contributed by atoms with Crippen molar-refractivity contribution in [3.63, 3.8) is 0 Å². The third-order valence-corrected chi connectivity index (χ3v) is 4.52. The number of aliphatic hydroxyl groups is 1. The van der Waals surface area contributed by atoms with Crippen LogP contribution >= 0.6 is 27.7 Å². The predicted molar refractivity (Wildman–Crippen MR) is 72.1 cm³/mol. The van der Waals surface area contributed by atoms with Gasteiger partial charge >= 0.3 is 0 Å². The Hall–Kier alpha value is -1.29. The van der Waals surface area contributed by atoms with Gasteiger partial charge in [0.15, 0.2) is 5.16 Å². The first-order valence-corrected chi connectivity index (χ1v) is 6.75. The molecule has 0 saturated carbocycles. The molecule has 0 fully saturated rings. The average Bonchev–Trinajstić information content (AvgIpc) is 2.73. The van der Waals surface area contributed by atoms with Gasteiger partial charge in [-0.2, -0.15) is 5.26 Å². The van der Waals surface area contributed by atoms with Gasteiger partial charge in [0, 0.05) is 16.4 Å². The fourth-order valence-electron chi connectivity index (χ4n) is 1.42. The lowest BCUT2D eigenvalue weighted by atomic mass is 10.2. The molecule has 4 nitrogen and oxygen atoms in total. The molecule has 2 rings (SSSR count). The number of nitriles is 1. The summed E-state index contributed by atoms with van der Waals surface area (Å²) in [4.78, 5) is 5.22. The molecule has 92 valence electrons. The number of aromatic nitrogens is 2. The van der Waals surface area contributed by atoms with Gasteiger partial charge in [-0.15, -0.1) is 0 Å². The SMILES string of the molecule is Cn1c(CO)cnc1Sc1ccc(C#N)cc1Br. The summed E-state index contributed by atoms with van der Waals surface area (Å²) in [5, 5.41) is 18.7. The standard InChI is InChI=1S/C12H10BrN3OS/c1-16-9(7-17)6-15-12(16)18-11-3-2-8(5-14)4-10(11)13/h2-4,6,17H,7H2,1H3. The number of nitrogens with zero attached hydrogens (tertiary/aromatic N) is 3. The van der Waals surface area contributed by atoms with Crippen molar-refractivity contribution in [2.45, 2.75) is 16.7 Å². The molecule has 18 heavy (non-hydrogen) atoms. The topological polar surface area (TPSA) is 61.8 Å². The molecule has 1 aromatic heterocycles. The van der Waals surface area contributed by atoms with Gasteiger partial charge in [-0.25, -0.2) is 4.98 Å². The van der Waals surface area contributed by atoms with E-state index in [1.165, 1.54) is 11.8 Å². The molecule has 6 heteroatoms. The van der Waals surface area contributed by atoms with Crippen LogP contribution in [0.25, 0.3) is 0 Å². The highest BCUT2D eigenvalue weighted by Crippen LogP contribution is 2.33. The van der Waals surface area contributed by atoms with E-state index in [2.05, 4.69) is 27.0 Å². The van der Waals surface area contributed by atoms with E-state index in [1.807, 2.05) is 17.7 Å². The van der Waals surface area contributed by atoms with Gasteiger partial charge in [-0.3, -0.25) is 0 Å². The Morgan fingerprint density at radius 2 is 2.33 bits per heavy atom. The van der Waals surface area contributed by atoms with E-state index < -0.39 is 0 Å². The molecule has 0 spiro atoms. The first-order chi connectivity index (χ1) is 8.65. The van der Waals surface area contributed by atoms with Crippen LogP contribution in [-0.2, 0) is 13.7 Å². The van der Waals surface area contributed by atoms with Gasteiger partial charge in [0.1, 0.15) is 0 Å². The first-order valence-electron chi connectivity index (χ1n) is 5.14. The second kappa shape index (κ2) is 5.57. The number of halogens is 1. The van der Waals surface area contributed by atoms with E-state index >= 15 is 0 Å². The summed E-state index contributed by atoms with van der Waals surface area (Å²) >= 11 is 4.92. The highest BCUT2D eigenvalue weighted by molar-refractivity contribution is 9.10. The van der Waals surface area contributed by atoms with E-state index in [0.29, 0.717) is 5.56 Å². The normalized spacial score (nSPS) is 10.3. The Balaban J connectivity index is 2.29. The van der Waals surface area contributed by atoms with Gasteiger partial charge in [0.2, 0.25) is 0 Å². The van der Waals surface area contributed by atoms with Crippen molar-refractivity contribution in [1.82, 2.24) is 9.55 Å². The molecule has 1 N–H and O–H groups in total. The van der Waals surface area contributed by atoms with Crippen molar-refractivity contribution in [3.05, 3.63) is 40.1 Å². The minimum absolute atomic E-state index is 0.0292. The minimum atomic E-state index is -0.0292. The molecular weight excluding hydrogens is 314 g/mol. The maximum absolute atomic E-state index is 9.11. The van der Waals surface area contributed by atoms with Crippen molar-refractivity contribution >= 4 is 27.7 Å². The molecule has 0 unspecified atom stereocenters. The van der Waals surface area contributed by atoms with Crippen LogP contribution in [-0.4, -0.2) is 14.7 Å². The van der Waals surface area contributed by atoms with Crippen LogP contribution in [0.15, 0.2) is 38.9 Å². The zero-order valence-electron chi connectivity index (χ0n) is 9.59. The monoisotopic (exact) mass is 323 g/mol. The molecule has 0 aliphatic rings. The van der Waals surface area contributed by atoms with Crippen molar-refractivity contribution < 1.29 is 5.11 Å². The van der Waals surface area contributed by atoms with Gasteiger partial charge in [0.05, 0.1) is 30.1 Å². The summed E-state index contributed by atoms with van der Waals surface area (Å²) < 4.78 is 2.70. The zero-order valence-corrected chi connectivity index (χ0v) is 12.0. The van der Waals surface area contributed by atoms with Crippen molar-refractivity contribution in [3.8, 4) is 6.07 Å². The number of hydrogen-bond donors (Lipinski definition) is 1. The number of rotatable bonds is 3. The summed E-state index contributed by atoms with van der Waals surface area (Å²) in [5.74, 6) is 0. The van der Waals surface area contributed by atoms with Gasteiger partial charge in [-0.05, 0) is 34.1 Å². The van der Waals surface area contributed by atoms with Crippen molar-refractivity contribution in [2.75, 3.05) is 0 Å². The van der Waals surface area contributed by atoms with E-state index in [-0.39, 0.29) is 6.61 Å². The third-order valence-electron chi connectivity index (χ3n) is 2.47. The molecule has 0 atom stereocenters. The van der Waals surface area contributed by atoms with Crippen LogP contribution in [0.4, 0.5) is 0 Å². The number of benzene rings is 1. The smallest absolute Gasteiger partial charge is 0.172 e. The van der Waals surface area contributed by atoms with Crippen LogP contribution in [0.5, 0.6) is 0 Å². The number of hydrogen-bond acceptors (Lipinski definition) is 4. The van der Waals surface area contributed by atoms with E-state index in [1.54, 1.807) is 18.3 Å². The van der Waals surface area contributed by atoms with Crippen LogP contribution in [0, 0.1) is 11.3 Å². The molecule has 1 heterocycles. The zero-order chi connectivity index (χ0) is 13.1. The summed E-state index contributed by atoms with van der Waals surface area (Å²) in [6, 6.07) is 7.51. The predicted octanol–water partition coefficient (Wildman–Crippen LogP) is 2.70. The first kappa shape index (κ1) is 13.1. The maximum Gasteiger partial charge on any atom is 0.172 e. The molecule has 0 aliphatic carbocycles. The molecular formula is C12H10BrN3OS. The lowest BCUT2D eigenvalue weighted by molar-refractivity contribution is 0.271. The van der Waals surface area contributed by atoms with Crippen LogP contribution < -0.4 is 0 Å². The molecule has 2 aromatic rings. The third kappa shape index (κ3) is 2.58. The molecule has 1 aromatic carbocycles. The fraction of sp³-hybridized carbons (Fsp3) is 0.167. The van der Waals surface area contributed by atoms with Crippen LogP contribution in [0.2, 0.25) is 0 Å². The minimum Gasteiger partial charge on any atom is -0.390 e. The number of aliphatic hydroxyl groups excluding tert-OH is 1. The van der Waals surface area contributed by atoms with E-state index in [9.17, 15) is 0 Å². The molecule has 0 bridgehead atoms. The van der Waals surface area contributed by atoms with Crippen LogP contribution in [0.3, 0.4) is 0 Å². The second-order valence-electron chi connectivity index (χ2n) is 3.61. The van der Waals surface area contributed by atoms with Crippen molar-refractivity contribution in [1.29, 1.82) is 5.26 Å². The molecule has 0 amide bonds. The van der Waals surface area contributed by atoms with Gasteiger partial charge in [-0.1, -0.05) is 11.8 Å². The second-order valence-corrected chi connectivity index (χ2v) is 5.47. The van der Waals surface area contributed by atoms with Gasteiger partial charge < -0.3 is 9.67 Å². The molecule has 0 radical (unpaired) electrons. The lowest BCUT2D eigenvalue weighted by Gasteiger charge is -2.05. The summed E-state index contributed by atoms with van der Waals surface area (Å²) in [5.41, 5.74) is 1.38. The summed E-state index contributed by atoms with van der Waals surface area (Å²) in [6.07, 6.45) is 1.65. The highest BCUT2D eigenvalue weighted by atomic mass is 79.9. The fourth-order valence-corrected chi connectivity index (χ4v) is 2.89. The Kier molecular flexibility index (Phi) is 4.07. The Labute approximate surface area is 117 Å². The van der Waals surface area contributed by atoms with E-state index in [0.717, 1.165) is 20.2 Å². The summed E-state index contributed by atoms with van der Waals surface area (Å²) in [7, 11) is 1.86. The average molecular weight is 324 g/mol. The Morgan fingerprint density at radius 3 is 2.89 bits per heavy atom. The quantitative estimate of drug-likeness (QED) is 0.943. The van der Waals surface area contributed by atoms with Gasteiger partial charge in [0.25, 0.3) is 0 Å². The maximum atomic E-state index is 9.11. The van der Waals surface area contributed by atoms with Crippen molar-refractivity contribution in [2.24, 2.45) is 7.05 Å². The summed E-state index contributed by atoms with van der Waals surface area (Å²) in [6.45, 7) is -0.0292. The Morgan fingerprint density at radius 1 is 1.56 bits per heavy atom. The molecule has 0 saturated heterocycles. The molecule has 0 aliphatic heterocycles. The largest absolute Gasteiger partial charge is 0.390 e. The van der Waals surface area contributed by atoms with Crippen LogP contribution in [0.1, 0.15) is 11.3 Å². The Bertz CT molecular complexity index is 618. The lowest BCUT2D eigenvalue weighted by Crippen LogP contribution is -1.97. The van der Waals surface area contributed by atoms with E-state index in [4.69, 9.17) is 10.4 Å².